The summed E-state index contributed by atoms with van der Waals surface area (Å²) in [6, 6.07) is 7.56. The molecule has 1 aromatic rings. The lowest BCUT2D eigenvalue weighted by Crippen LogP contribution is -2.57. The number of carbonyl (C=O) groups is 3. The first-order valence-corrected chi connectivity index (χ1v) is 10.5. The Morgan fingerprint density at radius 1 is 1.23 bits per heavy atom. The predicted octanol–water partition coefficient (Wildman–Crippen LogP) is 1.44. The highest BCUT2D eigenvalue weighted by Crippen LogP contribution is 2.26. The van der Waals surface area contributed by atoms with E-state index in [4.69, 9.17) is 5.26 Å². The van der Waals surface area contributed by atoms with E-state index in [9.17, 15) is 19.5 Å². The van der Waals surface area contributed by atoms with Crippen LogP contribution in [0.15, 0.2) is 24.3 Å². The zero-order chi connectivity index (χ0) is 23.3. The van der Waals surface area contributed by atoms with Gasteiger partial charge in [-0.15, -0.1) is 0 Å². The number of hydrogen-bond donors (Lipinski definition) is 3. The van der Waals surface area contributed by atoms with Crippen LogP contribution in [0.1, 0.15) is 58.2 Å². The molecule has 1 aliphatic rings. The quantitative estimate of drug-likeness (QED) is 0.633. The number of nitrogens with zero attached hydrogens (tertiary/aromatic N) is 2. The van der Waals surface area contributed by atoms with Crippen LogP contribution in [0.4, 0.5) is 0 Å². The Balaban J connectivity index is 2.15. The van der Waals surface area contributed by atoms with Crippen molar-refractivity contribution in [2.45, 2.75) is 71.7 Å². The molecule has 1 aromatic carbocycles. The van der Waals surface area contributed by atoms with Crippen molar-refractivity contribution < 1.29 is 19.5 Å². The molecule has 8 heteroatoms. The molecule has 0 aliphatic carbocycles. The second kappa shape index (κ2) is 9.92. The monoisotopic (exact) mass is 428 g/mol. The fraction of sp³-hybridized carbons (Fsp3) is 0.565. The van der Waals surface area contributed by atoms with E-state index in [-0.39, 0.29) is 36.7 Å². The molecule has 0 aromatic heterocycles. The summed E-state index contributed by atoms with van der Waals surface area (Å²) in [5, 5.41) is 24.6. The van der Waals surface area contributed by atoms with Gasteiger partial charge >= 0.3 is 0 Å². The SMILES string of the molecule is CC(=O)N[C@H](C(=O)N1C[C@H](O)C[C@H]1C(=O)N[C@@H](C)c1ccc(CC#N)cc1)C(C)(C)C. The van der Waals surface area contributed by atoms with Gasteiger partial charge in [0.2, 0.25) is 17.7 Å². The zero-order valence-electron chi connectivity index (χ0n) is 18.8. The fourth-order valence-electron chi connectivity index (χ4n) is 3.73. The van der Waals surface area contributed by atoms with Crippen LogP contribution in [0, 0.1) is 16.7 Å². The molecule has 8 nitrogen and oxygen atoms in total. The van der Waals surface area contributed by atoms with Crippen molar-refractivity contribution in [2.75, 3.05) is 6.54 Å². The summed E-state index contributed by atoms with van der Waals surface area (Å²) in [6.07, 6.45) is -0.345. The Hall–Kier alpha value is -2.92. The van der Waals surface area contributed by atoms with Crippen molar-refractivity contribution in [1.82, 2.24) is 15.5 Å². The second-order valence-corrected chi connectivity index (χ2v) is 9.20. The van der Waals surface area contributed by atoms with Gasteiger partial charge in [0.05, 0.1) is 24.6 Å². The number of likely N-dealkylation sites (tertiary alicyclic amines) is 1. The fourth-order valence-corrected chi connectivity index (χ4v) is 3.73. The molecule has 1 saturated heterocycles. The Kier molecular flexibility index (Phi) is 7.80. The van der Waals surface area contributed by atoms with Crippen molar-refractivity contribution in [3.8, 4) is 6.07 Å². The molecule has 168 valence electrons. The van der Waals surface area contributed by atoms with E-state index in [1.165, 1.54) is 11.8 Å². The van der Waals surface area contributed by atoms with E-state index in [2.05, 4.69) is 16.7 Å². The molecule has 0 saturated carbocycles. The van der Waals surface area contributed by atoms with Gasteiger partial charge in [-0.1, -0.05) is 45.0 Å². The molecule has 3 amide bonds. The third-order valence-electron chi connectivity index (χ3n) is 5.45. The van der Waals surface area contributed by atoms with Crippen molar-refractivity contribution >= 4 is 17.7 Å². The van der Waals surface area contributed by atoms with E-state index in [0.29, 0.717) is 6.42 Å². The number of carbonyl (C=O) groups excluding carboxylic acids is 3. The van der Waals surface area contributed by atoms with Crippen LogP contribution in [-0.2, 0) is 20.8 Å². The standard InChI is InChI=1S/C23H32N4O4/c1-14(17-8-6-16(7-9-17)10-11-24)25-21(30)19-12-18(29)13-27(19)22(31)20(23(3,4)5)26-15(2)28/h6-9,14,18-20,29H,10,12-13H2,1-5H3,(H,25,30)(H,26,28)/t14-,18+,19-,20+/m0/s1. The summed E-state index contributed by atoms with van der Waals surface area (Å²) >= 11 is 0. The maximum absolute atomic E-state index is 13.2. The van der Waals surface area contributed by atoms with Gasteiger partial charge in [0.25, 0.3) is 0 Å². The van der Waals surface area contributed by atoms with Gasteiger partial charge in [-0.2, -0.15) is 5.26 Å². The normalized spacial score (nSPS) is 20.5. The van der Waals surface area contributed by atoms with Crippen molar-refractivity contribution in [3.63, 3.8) is 0 Å². The second-order valence-electron chi connectivity index (χ2n) is 9.20. The number of nitrogens with one attached hydrogen (secondary N) is 2. The van der Waals surface area contributed by atoms with Crippen molar-refractivity contribution in [2.24, 2.45) is 5.41 Å². The smallest absolute Gasteiger partial charge is 0.246 e. The van der Waals surface area contributed by atoms with Gasteiger partial charge in [0.1, 0.15) is 12.1 Å². The first-order chi connectivity index (χ1) is 14.4. The molecular weight excluding hydrogens is 396 g/mol. The van der Waals surface area contributed by atoms with Crippen LogP contribution in [0.2, 0.25) is 0 Å². The Morgan fingerprint density at radius 3 is 2.35 bits per heavy atom. The minimum absolute atomic E-state index is 0.0420. The van der Waals surface area contributed by atoms with Crippen LogP contribution in [0.5, 0.6) is 0 Å². The molecule has 0 bridgehead atoms. The molecule has 0 spiro atoms. The van der Waals surface area contributed by atoms with E-state index in [1.54, 1.807) is 0 Å². The van der Waals surface area contributed by atoms with Crippen LogP contribution in [-0.4, -0.2) is 52.5 Å². The first-order valence-electron chi connectivity index (χ1n) is 10.5. The minimum Gasteiger partial charge on any atom is -0.391 e. The average Bonchev–Trinajstić information content (AvgIpc) is 3.07. The van der Waals surface area contributed by atoms with Crippen LogP contribution >= 0.6 is 0 Å². The number of rotatable bonds is 6. The largest absolute Gasteiger partial charge is 0.391 e. The van der Waals surface area contributed by atoms with Gasteiger partial charge in [-0.05, 0) is 23.5 Å². The summed E-state index contributed by atoms with van der Waals surface area (Å²) in [5.74, 6) is -1.07. The predicted molar refractivity (Wildman–Crippen MR) is 116 cm³/mol. The third-order valence-corrected chi connectivity index (χ3v) is 5.45. The molecule has 3 N–H and O–H groups in total. The Labute approximate surface area is 183 Å². The molecule has 1 fully saturated rings. The highest BCUT2D eigenvalue weighted by molar-refractivity contribution is 5.93. The number of β-amino-alcohol motifs (C(OH)–C–C–N with tert-alkyl or cyclic N) is 1. The maximum atomic E-state index is 13.2. The number of aliphatic hydroxyl groups is 1. The third kappa shape index (κ3) is 6.28. The lowest BCUT2D eigenvalue weighted by Gasteiger charge is -2.35. The van der Waals surface area contributed by atoms with Crippen LogP contribution < -0.4 is 10.6 Å². The van der Waals surface area contributed by atoms with Crippen molar-refractivity contribution in [3.05, 3.63) is 35.4 Å². The lowest BCUT2D eigenvalue weighted by atomic mass is 9.85. The molecule has 4 atom stereocenters. The van der Waals surface area contributed by atoms with E-state index < -0.39 is 23.6 Å². The number of aliphatic hydroxyl groups excluding tert-OH is 1. The van der Waals surface area contributed by atoms with Crippen LogP contribution in [0.3, 0.4) is 0 Å². The molecule has 0 unspecified atom stereocenters. The van der Waals surface area contributed by atoms with E-state index in [0.717, 1.165) is 11.1 Å². The summed E-state index contributed by atoms with van der Waals surface area (Å²) in [5.41, 5.74) is 1.21. The molecule has 1 heterocycles. The maximum Gasteiger partial charge on any atom is 0.246 e. The van der Waals surface area contributed by atoms with E-state index >= 15 is 0 Å². The minimum atomic E-state index is -0.818. The van der Waals surface area contributed by atoms with Gasteiger partial charge in [0, 0.05) is 19.9 Å². The lowest BCUT2D eigenvalue weighted by molar-refractivity contribution is -0.144. The highest BCUT2D eigenvalue weighted by atomic mass is 16.3. The molecule has 31 heavy (non-hydrogen) atoms. The van der Waals surface area contributed by atoms with Crippen LogP contribution in [0.25, 0.3) is 0 Å². The number of amides is 3. The van der Waals surface area contributed by atoms with Gasteiger partial charge in [0.15, 0.2) is 0 Å². The van der Waals surface area contributed by atoms with Crippen molar-refractivity contribution in [1.29, 1.82) is 5.26 Å². The topological polar surface area (TPSA) is 123 Å². The average molecular weight is 429 g/mol. The summed E-state index contributed by atoms with van der Waals surface area (Å²) in [4.78, 5) is 39.3. The zero-order valence-corrected chi connectivity index (χ0v) is 18.8. The Bertz CT molecular complexity index is 854. The first kappa shape index (κ1) is 24.4. The number of hydrogen-bond acceptors (Lipinski definition) is 5. The number of benzene rings is 1. The van der Waals surface area contributed by atoms with Gasteiger partial charge < -0.3 is 20.6 Å². The highest BCUT2D eigenvalue weighted by Gasteiger charge is 2.44. The summed E-state index contributed by atoms with van der Waals surface area (Å²) in [7, 11) is 0. The Morgan fingerprint density at radius 2 is 1.84 bits per heavy atom. The molecular formula is C23H32N4O4. The van der Waals surface area contributed by atoms with Gasteiger partial charge in [-0.3, -0.25) is 14.4 Å². The van der Waals surface area contributed by atoms with Gasteiger partial charge in [-0.25, -0.2) is 0 Å². The summed E-state index contributed by atoms with van der Waals surface area (Å²) in [6.45, 7) is 8.74. The summed E-state index contributed by atoms with van der Waals surface area (Å²) < 4.78 is 0. The number of nitriles is 1. The molecule has 0 radical (unpaired) electrons. The molecule has 2 rings (SSSR count). The van der Waals surface area contributed by atoms with E-state index in [1.807, 2.05) is 52.0 Å². The molecule has 1 aliphatic heterocycles.